The van der Waals surface area contributed by atoms with Crippen molar-refractivity contribution < 1.29 is 0 Å². The number of halogens is 1. The summed E-state index contributed by atoms with van der Waals surface area (Å²) in [5, 5.41) is 1.99. The third kappa shape index (κ3) is 2.09. The van der Waals surface area contributed by atoms with E-state index in [0.29, 0.717) is 6.54 Å². The van der Waals surface area contributed by atoms with E-state index in [-0.39, 0.29) is 0 Å². The third-order valence-electron chi connectivity index (χ3n) is 2.56. The van der Waals surface area contributed by atoms with Gasteiger partial charge in [-0.25, -0.2) is 9.97 Å². The maximum absolute atomic E-state index is 5.63. The minimum atomic E-state index is 0.488. The lowest BCUT2D eigenvalue weighted by atomic mass is 10.3. The predicted molar refractivity (Wildman–Crippen MR) is 81.1 cm³/mol. The molecule has 3 aromatic rings. The molecule has 6 heteroatoms. The topological polar surface area (TPSA) is 51.8 Å². The number of benzene rings is 1. The van der Waals surface area contributed by atoms with Crippen molar-refractivity contribution in [3.8, 4) is 9.88 Å². The highest BCUT2D eigenvalue weighted by Crippen LogP contribution is 2.36. The van der Waals surface area contributed by atoms with Gasteiger partial charge in [-0.2, -0.15) is 0 Å². The van der Waals surface area contributed by atoms with Gasteiger partial charge in [-0.3, -0.25) is 0 Å². The Labute approximate surface area is 121 Å². The Balaban J connectivity index is 2.15. The van der Waals surface area contributed by atoms with Gasteiger partial charge in [0, 0.05) is 11.0 Å². The Hall–Kier alpha value is -0.820. The summed E-state index contributed by atoms with van der Waals surface area (Å²) in [7, 11) is 0. The van der Waals surface area contributed by atoms with Crippen LogP contribution in [0.25, 0.3) is 20.1 Å². The van der Waals surface area contributed by atoms with Crippen LogP contribution in [0, 0.1) is 6.92 Å². The summed E-state index contributed by atoms with van der Waals surface area (Å²) in [6.45, 7) is 2.49. The van der Waals surface area contributed by atoms with Crippen molar-refractivity contribution in [3.63, 3.8) is 0 Å². The van der Waals surface area contributed by atoms with Gasteiger partial charge in [0.15, 0.2) is 0 Å². The second kappa shape index (κ2) is 4.70. The summed E-state index contributed by atoms with van der Waals surface area (Å²) in [5.74, 6) is 0. The number of hydrogen-bond donors (Lipinski definition) is 1. The van der Waals surface area contributed by atoms with Crippen LogP contribution in [0.1, 0.15) is 10.7 Å². The van der Waals surface area contributed by atoms with Gasteiger partial charge in [0.1, 0.15) is 10.0 Å². The molecule has 2 aromatic heterocycles. The highest BCUT2D eigenvalue weighted by molar-refractivity contribution is 9.10. The molecule has 0 bridgehead atoms. The fourth-order valence-corrected chi connectivity index (χ4v) is 4.32. The Bertz CT molecular complexity index is 717. The zero-order chi connectivity index (χ0) is 12.7. The van der Waals surface area contributed by atoms with E-state index in [4.69, 9.17) is 5.73 Å². The minimum absolute atomic E-state index is 0.488. The first-order valence-corrected chi connectivity index (χ1v) is 7.83. The normalized spacial score (nSPS) is 11.3. The Kier molecular flexibility index (Phi) is 3.19. The molecule has 0 aliphatic rings. The van der Waals surface area contributed by atoms with Crippen molar-refractivity contribution in [1.29, 1.82) is 0 Å². The van der Waals surface area contributed by atoms with Gasteiger partial charge in [-0.15, -0.1) is 22.7 Å². The molecule has 0 spiro atoms. The minimum Gasteiger partial charge on any atom is -0.325 e. The van der Waals surface area contributed by atoms with Crippen LogP contribution in [-0.2, 0) is 6.54 Å². The van der Waals surface area contributed by atoms with E-state index in [2.05, 4.69) is 32.0 Å². The van der Waals surface area contributed by atoms with E-state index in [9.17, 15) is 0 Å². The number of nitrogens with two attached hydrogens (primary N) is 1. The summed E-state index contributed by atoms with van der Waals surface area (Å²) in [4.78, 5) is 10.2. The van der Waals surface area contributed by atoms with Crippen LogP contribution < -0.4 is 5.73 Å². The molecule has 1 aromatic carbocycles. The van der Waals surface area contributed by atoms with E-state index < -0.39 is 0 Å². The zero-order valence-electron chi connectivity index (χ0n) is 9.61. The maximum atomic E-state index is 5.63. The number of nitrogens with zero attached hydrogens (tertiary/aromatic N) is 2. The summed E-state index contributed by atoms with van der Waals surface area (Å²) in [6.07, 6.45) is 0. The molecule has 18 heavy (non-hydrogen) atoms. The van der Waals surface area contributed by atoms with Crippen molar-refractivity contribution in [3.05, 3.63) is 33.4 Å². The molecular formula is C12H10BrN3S2. The molecule has 0 aliphatic carbocycles. The van der Waals surface area contributed by atoms with Gasteiger partial charge >= 0.3 is 0 Å². The summed E-state index contributed by atoms with van der Waals surface area (Å²) in [6, 6.07) is 6.13. The molecule has 0 unspecified atom stereocenters. The largest absolute Gasteiger partial charge is 0.325 e. The van der Waals surface area contributed by atoms with Crippen molar-refractivity contribution in [2.75, 3.05) is 0 Å². The first-order chi connectivity index (χ1) is 8.67. The standard InChI is InChI=1S/C12H10BrN3S2/c1-6-11(18-10(5-14)15-6)12-16-8-3-2-7(13)4-9(8)17-12/h2-4H,5,14H2,1H3. The molecule has 0 aliphatic heterocycles. The summed E-state index contributed by atoms with van der Waals surface area (Å²) in [5.41, 5.74) is 7.67. The number of fused-ring (bicyclic) bond motifs is 1. The van der Waals surface area contributed by atoms with Gasteiger partial charge in [-0.1, -0.05) is 15.9 Å². The fraction of sp³-hybridized carbons (Fsp3) is 0.167. The van der Waals surface area contributed by atoms with Gasteiger partial charge < -0.3 is 5.73 Å². The lowest BCUT2D eigenvalue weighted by Gasteiger charge is -1.88. The SMILES string of the molecule is Cc1nc(CN)sc1-c1nc2ccc(Br)cc2s1. The molecule has 3 rings (SSSR count). The molecule has 0 amide bonds. The summed E-state index contributed by atoms with van der Waals surface area (Å²) < 4.78 is 2.26. The molecule has 0 saturated heterocycles. The van der Waals surface area contributed by atoms with Crippen LogP contribution in [0.2, 0.25) is 0 Å². The zero-order valence-corrected chi connectivity index (χ0v) is 12.8. The number of thiazole rings is 2. The monoisotopic (exact) mass is 339 g/mol. The number of rotatable bonds is 2. The molecule has 3 nitrogen and oxygen atoms in total. The average Bonchev–Trinajstić information content (AvgIpc) is 2.91. The Morgan fingerprint density at radius 2 is 2.11 bits per heavy atom. The van der Waals surface area contributed by atoms with E-state index in [1.807, 2.05) is 19.1 Å². The molecule has 0 fully saturated rings. The van der Waals surface area contributed by atoms with Crippen LogP contribution in [0.15, 0.2) is 22.7 Å². The van der Waals surface area contributed by atoms with Crippen LogP contribution >= 0.6 is 38.6 Å². The number of aryl methyl sites for hydroxylation is 1. The Morgan fingerprint density at radius 3 is 2.83 bits per heavy atom. The van der Waals surface area contributed by atoms with E-state index in [0.717, 1.165) is 30.6 Å². The lowest BCUT2D eigenvalue weighted by Crippen LogP contribution is -1.94. The van der Waals surface area contributed by atoms with Gasteiger partial charge in [0.25, 0.3) is 0 Å². The highest BCUT2D eigenvalue weighted by atomic mass is 79.9. The third-order valence-corrected chi connectivity index (χ3v) is 5.40. The van der Waals surface area contributed by atoms with Crippen molar-refractivity contribution >= 4 is 48.8 Å². The van der Waals surface area contributed by atoms with Crippen LogP contribution in [0.5, 0.6) is 0 Å². The van der Waals surface area contributed by atoms with E-state index in [1.165, 1.54) is 4.70 Å². The molecule has 92 valence electrons. The second-order valence-electron chi connectivity index (χ2n) is 3.86. The molecule has 0 atom stereocenters. The first-order valence-electron chi connectivity index (χ1n) is 5.40. The van der Waals surface area contributed by atoms with Crippen molar-refractivity contribution in [1.82, 2.24) is 9.97 Å². The summed E-state index contributed by atoms with van der Waals surface area (Å²) >= 11 is 6.80. The first kappa shape index (κ1) is 12.2. The highest BCUT2D eigenvalue weighted by Gasteiger charge is 2.13. The molecule has 0 saturated carbocycles. The van der Waals surface area contributed by atoms with Crippen LogP contribution in [-0.4, -0.2) is 9.97 Å². The Morgan fingerprint density at radius 1 is 1.28 bits per heavy atom. The van der Waals surface area contributed by atoms with Crippen LogP contribution in [0.4, 0.5) is 0 Å². The van der Waals surface area contributed by atoms with Crippen LogP contribution in [0.3, 0.4) is 0 Å². The van der Waals surface area contributed by atoms with Gasteiger partial charge in [-0.05, 0) is 25.1 Å². The fourth-order valence-electron chi connectivity index (χ4n) is 1.73. The van der Waals surface area contributed by atoms with Gasteiger partial charge in [0.05, 0.1) is 20.8 Å². The lowest BCUT2D eigenvalue weighted by molar-refractivity contribution is 1.02. The van der Waals surface area contributed by atoms with Crippen molar-refractivity contribution in [2.45, 2.75) is 13.5 Å². The molecule has 2 heterocycles. The molecular weight excluding hydrogens is 330 g/mol. The van der Waals surface area contributed by atoms with E-state index >= 15 is 0 Å². The van der Waals surface area contributed by atoms with Gasteiger partial charge in [0.2, 0.25) is 0 Å². The van der Waals surface area contributed by atoms with E-state index in [1.54, 1.807) is 22.7 Å². The number of hydrogen-bond acceptors (Lipinski definition) is 5. The maximum Gasteiger partial charge on any atom is 0.136 e. The molecule has 0 radical (unpaired) electrons. The molecule has 2 N–H and O–H groups in total. The predicted octanol–water partition coefficient (Wildman–Crippen LogP) is 3.95. The smallest absolute Gasteiger partial charge is 0.136 e. The quantitative estimate of drug-likeness (QED) is 0.768. The van der Waals surface area contributed by atoms with Crippen molar-refractivity contribution in [2.24, 2.45) is 5.73 Å². The average molecular weight is 340 g/mol. The number of aromatic nitrogens is 2. The second-order valence-corrected chi connectivity index (χ2v) is 6.89.